The van der Waals surface area contributed by atoms with Gasteiger partial charge >= 0.3 is 0 Å². The van der Waals surface area contributed by atoms with Gasteiger partial charge in [-0.2, -0.15) is 0 Å². The van der Waals surface area contributed by atoms with E-state index in [1.54, 1.807) is 0 Å². The van der Waals surface area contributed by atoms with E-state index in [4.69, 9.17) is 134 Å². The molecule has 0 rings (SSSR count). The van der Waals surface area contributed by atoms with Crippen LogP contribution in [0, 0.1) is 0 Å². The van der Waals surface area contributed by atoms with Gasteiger partial charge in [-0.15, -0.1) is 0 Å². The summed E-state index contributed by atoms with van der Waals surface area (Å²) in [4.78, 5) is 0. The van der Waals surface area contributed by atoms with Gasteiger partial charge in [0.15, 0.2) is 0 Å². The lowest BCUT2D eigenvalue weighted by Crippen LogP contribution is -2.29. The second-order valence-electron chi connectivity index (χ2n) is 2.51. The molecule has 0 aliphatic rings. The molecule has 0 unspecified atom stereocenters. The van der Waals surface area contributed by atoms with Crippen LogP contribution in [0.3, 0.4) is 0 Å². The second kappa shape index (κ2) is 8.90. The molecule has 0 spiro atoms. The van der Waals surface area contributed by atoms with Gasteiger partial charge in [-0.1, -0.05) is 11.7 Å². The van der Waals surface area contributed by atoms with Crippen LogP contribution in [-0.4, -0.2) is 0 Å². The molecular formula is HIS20. The van der Waals surface area contributed by atoms with Gasteiger partial charge in [-0.25, -0.2) is 0 Å². The average Bonchev–Trinajstić information content (AvgIpc) is 2.26. The Hall–Kier alpha value is 6.17. The molecule has 21 heavy (non-hydrogen) atoms. The van der Waals surface area contributed by atoms with Crippen LogP contribution in [0.25, 0.3) is 0 Å². The van der Waals surface area contributed by atoms with Crippen LogP contribution in [0.2, 0.25) is 0 Å². The minimum absolute atomic E-state index is 0.934. The van der Waals surface area contributed by atoms with E-state index in [1.807, 2.05) is 21.2 Å². The Kier molecular flexibility index (Phi) is 11.5. The Bertz CT molecular complexity index is 1030. The number of thiol groups is 1. The summed E-state index contributed by atoms with van der Waals surface area (Å²) in [6.45, 7) is 0. The Balaban J connectivity index is 7.08. The van der Waals surface area contributed by atoms with Crippen molar-refractivity contribution in [3.05, 3.63) is 0 Å². The van der Waals surface area contributed by atoms with E-state index >= 15 is 0 Å². The number of rotatable bonds is 6. The molecule has 0 aliphatic heterocycles. The molecule has 0 saturated heterocycles. The van der Waals surface area contributed by atoms with E-state index in [9.17, 15) is 0 Å². The predicted octanol–water partition coefficient (Wildman–Crippen LogP) is 1.87. The van der Waals surface area contributed by atoms with Crippen molar-refractivity contribution in [3.8, 4) is 0 Å². The summed E-state index contributed by atoms with van der Waals surface area (Å²) in [5, 5.41) is -13.2. The number of hydrogen-bond acceptors (Lipinski definition) is 14. The van der Waals surface area contributed by atoms with Gasteiger partial charge in [-0.3, -0.25) is 0 Å². The molecule has 0 atom stereocenters. The molecule has 0 aromatic carbocycles. The molecule has 0 amide bonds. The number of halogens is 1. The fourth-order valence-corrected chi connectivity index (χ4v) is 117. The van der Waals surface area contributed by atoms with Gasteiger partial charge in [0, 0.05) is 50.6 Å². The predicted molar refractivity (Wildman–Crippen MR) is 163 cm³/mol. The molecule has 0 nitrogen and oxygen atoms in total. The molecule has 0 radical (unpaired) electrons. The molecular weight excluding hydrogens is 768 g/mol. The van der Waals surface area contributed by atoms with E-state index in [0.717, 1.165) is 9.83 Å². The average molecular weight is 769 g/mol. The quantitative estimate of drug-likeness (QED) is 0.181. The first-order valence-corrected chi connectivity index (χ1v) is 31.7. The van der Waals surface area contributed by atoms with Crippen LogP contribution in [0.15, 0.2) is 0 Å². The molecule has 0 N–H and O–H groups in total. The summed E-state index contributed by atoms with van der Waals surface area (Å²) in [5.74, 6) is 0. The second-order valence-corrected chi connectivity index (χ2v) is 74.0. The fourth-order valence-electron chi connectivity index (χ4n) is 0.443. The molecule has 0 heterocycles. The maximum atomic E-state index is 5.55. The van der Waals surface area contributed by atoms with Crippen LogP contribution < -0.4 is 0 Å². The third kappa shape index (κ3) is 5.21. The van der Waals surface area contributed by atoms with Crippen molar-refractivity contribution < 1.29 is 0 Å². The normalized spacial score (nSPS) is 15.7. The first-order valence-electron chi connectivity index (χ1n) is 3.34. The zero-order chi connectivity index (χ0) is 17.7. The zero-order valence-electron chi connectivity index (χ0n) is 8.58. The standard InChI is InChI=1S/HIS20/c1-16(3,4)18(7,8)20(11,12)21(13,14)19(9,10)17(5,6)15-2/h2H. The highest BCUT2D eigenvalue weighted by Gasteiger charge is 2.35. The van der Waals surface area contributed by atoms with Crippen LogP contribution >= 0.6 is 42.7 Å². The van der Waals surface area contributed by atoms with Crippen molar-refractivity contribution in [2.45, 2.75) is 0 Å². The summed E-state index contributed by atoms with van der Waals surface area (Å²) in [6.07, 6.45) is 0. The van der Waals surface area contributed by atoms with Crippen molar-refractivity contribution in [1.29, 1.82) is 0 Å². The molecule has 128 valence electrons. The SMILES string of the molecule is S=S(=S)(I)S(=S)(=S)S(=S)(=S)S(=S)(=S)S(=S)(=S)S(=S)(=S)SS. The summed E-state index contributed by atoms with van der Waals surface area (Å²) in [5.41, 5.74) is 0. The summed E-state index contributed by atoms with van der Waals surface area (Å²) >= 11 is 71.2. The van der Waals surface area contributed by atoms with Crippen molar-refractivity contribution in [3.63, 3.8) is 0 Å². The van der Waals surface area contributed by atoms with E-state index in [1.165, 1.54) is 0 Å². The lowest BCUT2D eigenvalue weighted by atomic mass is 29.8. The summed E-state index contributed by atoms with van der Waals surface area (Å²) < 4.78 is -2.25. The van der Waals surface area contributed by atoms with Crippen LogP contribution in [-0.2, 0) is 164 Å². The van der Waals surface area contributed by atoms with E-state index in [-0.39, 0.29) is 0 Å². The smallest absolute Gasteiger partial charge is 0.0451 e. The molecule has 0 bridgehead atoms. The third-order valence-corrected chi connectivity index (χ3v) is 116. The van der Waals surface area contributed by atoms with Crippen molar-refractivity contribution >= 4 is 206 Å². The highest BCUT2D eigenvalue weighted by Crippen LogP contribution is 2.37. The molecule has 0 aromatic rings. The fraction of sp³-hybridized carbons (Fsp3) is 0. The molecule has 21 heteroatoms. The largest absolute Gasteiger partial charge is 0.0983 e. The minimum Gasteiger partial charge on any atom is -0.0983 e. The first-order chi connectivity index (χ1) is 8.81. The first kappa shape index (κ1) is 27.2. The van der Waals surface area contributed by atoms with Gasteiger partial charge in [0.2, 0.25) is 0 Å². The Labute approximate surface area is 201 Å². The molecule has 0 fully saturated rings. The van der Waals surface area contributed by atoms with E-state index in [2.05, 4.69) is 11.7 Å². The minimum atomic E-state index is -2.79. The zero-order valence-corrected chi connectivity index (χ0v) is 27.1. The highest BCUT2D eigenvalue weighted by molar-refractivity contribution is 14.2. The van der Waals surface area contributed by atoms with E-state index < -0.39 is 29.4 Å². The van der Waals surface area contributed by atoms with Gasteiger partial charge < -0.3 is 0 Å². The number of hydrogen-bond donors (Lipinski definition) is 1. The maximum Gasteiger partial charge on any atom is 0.0451 e. The summed E-state index contributed by atoms with van der Waals surface area (Å²) in [7, 11) is 0.934. The van der Waals surface area contributed by atoms with Crippen LogP contribution in [0.5, 0.6) is 0 Å². The van der Waals surface area contributed by atoms with Gasteiger partial charge in [0.1, 0.15) is 0 Å². The van der Waals surface area contributed by atoms with Crippen LogP contribution in [0.4, 0.5) is 0 Å². The Morgan fingerprint density at radius 2 is 0.857 bits per heavy atom. The van der Waals surface area contributed by atoms with Gasteiger partial charge in [0.05, 0.1) is 0 Å². The lowest BCUT2D eigenvalue weighted by molar-refractivity contribution is 5.08. The molecule has 0 aromatic heterocycles. The lowest BCUT2D eigenvalue weighted by Gasteiger charge is -2.27. The van der Waals surface area contributed by atoms with Crippen molar-refractivity contribution in [2.24, 2.45) is 0 Å². The van der Waals surface area contributed by atoms with Gasteiger partial charge in [-0.05, 0) is 144 Å². The third-order valence-electron chi connectivity index (χ3n) is 1.34. The highest BCUT2D eigenvalue weighted by atomic mass is 127. The Morgan fingerprint density at radius 1 is 0.571 bits per heavy atom. The molecule has 0 aliphatic carbocycles. The maximum absolute atomic E-state index is 5.55. The monoisotopic (exact) mass is 767 g/mol. The van der Waals surface area contributed by atoms with Crippen LogP contribution in [0.1, 0.15) is 0 Å². The van der Waals surface area contributed by atoms with Crippen molar-refractivity contribution in [1.82, 2.24) is 0 Å². The summed E-state index contributed by atoms with van der Waals surface area (Å²) in [6, 6.07) is 0. The Morgan fingerprint density at radius 3 is 1.10 bits per heavy atom. The molecule has 0 saturated carbocycles. The van der Waals surface area contributed by atoms with Gasteiger partial charge in [0.25, 0.3) is 0 Å². The van der Waals surface area contributed by atoms with Crippen molar-refractivity contribution in [2.75, 3.05) is 0 Å². The topological polar surface area (TPSA) is 0 Å². The van der Waals surface area contributed by atoms with E-state index in [0.29, 0.717) is 0 Å².